The highest BCUT2D eigenvalue weighted by Gasteiger charge is 2.45. The summed E-state index contributed by atoms with van der Waals surface area (Å²) >= 11 is 0. The van der Waals surface area contributed by atoms with Crippen molar-refractivity contribution in [2.45, 2.75) is 64.7 Å². The van der Waals surface area contributed by atoms with Gasteiger partial charge in [-0.15, -0.1) is 0 Å². The van der Waals surface area contributed by atoms with Crippen molar-refractivity contribution >= 4 is 0 Å². The number of nitrogens with zero attached hydrogens (tertiary/aromatic N) is 3. The average Bonchev–Trinajstić information content (AvgIpc) is 3.34. The lowest BCUT2D eigenvalue weighted by atomic mass is 9.63. The minimum absolute atomic E-state index is 0.0172. The number of fused-ring (bicyclic) bond motifs is 4. The van der Waals surface area contributed by atoms with Crippen LogP contribution in [0.25, 0.3) is 5.69 Å². The molecule has 0 aliphatic heterocycles. The third-order valence-corrected chi connectivity index (χ3v) is 8.22. The summed E-state index contributed by atoms with van der Waals surface area (Å²) in [4.78, 5) is 8.29. The number of halogens is 1. The molecule has 170 valence electrons. The Labute approximate surface area is 194 Å². The number of aryl methyl sites for hydroxylation is 1. The second kappa shape index (κ2) is 7.82. The first-order valence-corrected chi connectivity index (χ1v) is 12.3. The van der Waals surface area contributed by atoms with E-state index in [0.29, 0.717) is 11.8 Å². The smallest absolute Gasteiger partial charge is 0.123 e. The zero-order valence-electron chi connectivity index (χ0n) is 19.4. The molecule has 6 rings (SSSR count). The summed E-state index contributed by atoms with van der Waals surface area (Å²) in [5.41, 5.74) is 7.82. The van der Waals surface area contributed by atoms with Gasteiger partial charge in [0.1, 0.15) is 11.6 Å². The summed E-state index contributed by atoms with van der Waals surface area (Å²) in [7, 11) is 0. The summed E-state index contributed by atoms with van der Waals surface area (Å²) in [6.07, 6.45) is 16.8. The van der Waals surface area contributed by atoms with Crippen LogP contribution in [-0.4, -0.2) is 19.7 Å². The van der Waals surface area contributed by atoms with Gasteiger partial charge in [0.05, 0.1) is 17.6 Å². The number of rotatable bonds is 2. The van der Waals surface area contributed by atoms with E-state index in [2.05, 4.69) is 31.0 Å². The largest absolute Gasteiger partial charge is 0.346 e. The minimum Gasteiger partial charge on any atom is -0.346 e. The van der Waals surface area contributed by atoms with E-state index in [9.17, 15) is 4.39 Å². The molecule has 3 aromatic rings. The Morgan fingerprint density at radius 2 is 1.94 bits per heavy atom. The van der Waals surface area contributed by atoms with E-state index in [-0.39, 0.29) is 11.2 Å². The van der Waals surface area contributed by atoms with E-state index in [1.165, 1.54) is 42.7 Å². The molecule has 0 radical (unpaired) electrons. The van der Waals surface area contributed by atoms with Gasteiger partial charge in [0.25, 0.3) is 0 Å². The van der Waals surface area contributed by atoms with Crippen LogP contribution in [0.4, 0.5) is 4.39 Å². The van der Waals surface area contributed by atoms with Crippen molar-refractivity contribution in [3.8, 4) is 5.69 Å². The van der Waals surface area contributed by atoms with Crippen LogP contribution >= 0.6 is 0 Å². The molecular weight excluding hydrogens is 411 g/mol. The van der Waals surface area contributed by atoms with Crippen LogP contribution in [0, 0.1) is 24.1 Å². The van der Waals surface area contributed by atoms with Gasteiger partial charge in [0, 0.05) is 29.6 Å². The number of nitrogens with one attached hydrogen (secondary N) is 1. The van der Waals surface area contributed by atoms with Crippen LogP contribution in [0.5, 0.6) is 0 Å². The number of aromatic amines is 1. The molecule has 1 N–H and O–H groups in total. The topological polar surface area (TPSA) is 46.5 Å². The molecule has 3 aliphatic carbocycles. The van der Waals surface area contributed by atoms with Crippen molar-refractivity contribution in [1.29, 1.82) is 0 Å². The first-order chi connectivity index (χ1) is 16.0. The molecule has 3 atom stereocenters. The zero-order valence-corrected chi connectivity index (χ0v) is 19.4. The second-order valence-electron chi connectivity index (χ2n) is 10.2. The highest BCUT2D eigenvalue weighted by Crippen LogP contribution is 2.55. The monoisotopic (exact) mass is 442 g/mol. The molecule has 0 saturated heterocycles. The Morgan fingerprint density at radius 1 is 1.09 bits per heavy atom. The predicted molar refractivity (Wildman–Crippen MR) is 128 cm³/mol. The summed E-state index contributed by atoms with van der Waals surface area (Å²) in [5.74, 6) is 1.96. The van der Waals surface area contributed by atoms with Crippen LogP contribution < -0.4 is 0 Å². The van der Waals surface area contributed by atoms with Crippen molar-refractivity contribution in [1.82, 2.24) is 19.7 Å². The van der Waals surface area contributed by atoms with Crippen molar-refractivity contribution < 1.29 is 4.39 Å². The van der Waals surface area contributed by atoms with Gasteiger partial charge in [-0.1, -0.05) is 30.2 Å². The van der Waals surface area contributed by atoms with Crippen LogP contribution in [-0.2, 0) is 12.8 Å². The lowest BCUT2D eigenvalue weighted by Gasteiger charge is -2.41. The molecule has 2 heterocycles. The number of allylic oxidation sites excluding steroid dienone is 4. The molecule has 5 heteroatoms. The fourth-order valence-electron chi connectivity index (χ4n) is 6.62. The quantitative estimate of drug-likeness (QED) is 0.468. The molecule has 0 spiro atoms. The first-order valence-electron chi connectivity index (χ1n) is 12.3. The number of imidazole rings is 1. The molecule has 0 amide bonds. The van der Waals surface area contributed by atoms with E-state index in [0.717, 1.165) is 42.9 Å². The maximum absolute atomic E-state index is 13.5. The Balaban J connectivity index is 1.40. The molecule has 1 aromatic carbocycles. The fourth-order valence-corrected chi connectivity index (χ4v) is 6.62. The Bertz CT molecular complexity index is 1250. The number of hydrogen-bond donors (Lipinski definition) is 1. The summed E-state index contributed by atoms with van der Waals surface area (Å²) in [6.45, 7) is 4.56. The highest BCUT2D eigenvalue weighted by atomic mass is 19.1. The van der Waals surface area contributed by atoms with Gasteiger partial charge in [-0.05, 0) is 81.2 Å². The Morgan fingerprint density at radius 3 is 2.73 bits per heavy atom. The molecule has 2 aromatic heterocycles. The molecule has 1 saturated carbocycles. The van der Waals surface area contributed by atoms with E-state index in [1.54, 1.807) is 11.1 Å². The maximum Gasteiger partial charge on any atom is 0.123 e. The molecule has 4 nitrogen and oxygen atoms in total. The molecule has 2 unspecified atom stereocenters. The third-order valence-electron chi connectivity index (χ3n) is 8.22. The van der Waals surface area contributed by atoms with E-state index >= 15 is 0 Å². The maximum atomic E-state index is 13.5. The van der Waals surface area contributed by atoms with Gasteiger partial charge in [-0.2, -0.15) is 5.10 Å². The van der Waals surface area contributed by atoms with Gasteiger partial charge in [0.2, 0.25) is 0 Å². The van der Waals surface area contributed by atoms with Crippen molar-refractivity contribution in [2.24, 2.45) is 11.3 Å². The highest BCUT2D eigenvalue weighted by molar-refractivity contribution is 5.44. The molecule has 3 aliphatic rings. The van der Waals surface area contributed by atoms with Crippen LogP contribution in [0.3, 0.4) is 0 Å². The van der Waals surface area contributed by atoms with Crippen LogP contribution in [0.2, 0.25) is 0 Å². The Hall–Kier alpha value is -2.95. The summed E-state index contributed by atoms with van der Waals surface area (Å²) in [6, 6.07) is 6.65. The third kappa shape index (κ3) is 3.40. The van der Waals surface area contributed by atoms with Gasteiger partial charge in [-0.3, -0.25) is 0 Å². The lowest BCUT2D eigenvalue weighted by Crippen LogP contribution is -2.32. The average molecular weight is 443 g/mol. The van der Waals surface area contributed by atoms with Crippen LogP contribution in [0.15, 0.2) is 60.0 Å². The van der Waals surface area contributed by atoms with Gasteiger partial charge in [-0.25, -0.2) is 14.1 Å². The number of hydrogen-bond acceptors (Lipinski definition) is 2. The SMILES string of the molecule is Cc1cnc([C@H]2CCC=C3C2CCCC2=CCc4c(cnn4-c4ccc(F)cc4)CC23C)[nH]1. The fraction of sp³-hybridized carbons (Fsp3) is 0.429. The minimum atomic E-state index is -0.217. The molecule has 33 heavy (non-hydrogen) atoms. The van der Waals surface area contributed by atoms with E-state index in [1.807, 2.05) is 29.2 Å². The van der Waals surface area contributed by atoms with Crippen molar-refractivity contribution in [2.75, 3.05) is 0 Å². The predicted octanol–water partition coefficient (Wildman–Crippen LogP) is 6.38. The lowest BCUT2D eigenvalue weighted by molar-refractivity contribution is 0.336. The first kappa shape index (κ1) is 20.6. The number of benzene rings is 1. The van der Waals surface area contributed by atoms with Gasteiger partial charge >= 0.3 is 0 Å². The van der Waals surface area contributed by atoms with Gasteiger partial charge in [0.15, 0.2) is 0 Å². The summed E-state index contributed by atoms with van der Waals surface area (Å²) < 4.78 is 15.5. The van der Waals surface area contributed by atoms with Gasteiger partial charge < -0.3 is 4.98 Å². The number of aromatic nitrogens is 4. The molecule has 0 bridgehead atoms. The number of H-pyrrole nitrogens is 1. The second-order valence-corrected chi connectivity index (χ2v) is 10.2. The van der Waals surface area contributed by atoms with E-state index in [4.69, 9.17) is 10.1 Å². The van der Waals surface area contributed by atoms with Crippen molar-refractivity contribution in [3.63, 3.8) is 0 Å². The molecular formula is C28H31FN4. The standard InChI is InChI=1S/C28H31FN4/c1-18-16-30-27(32-18)24-7-4-8-25-23(24)6-3-5-20-9-14-26-19(15-28(20,25)2)17-31-33(26)22-12-10-21(29)11-13-22/h8-13,16-17,23-24H,3-7,14-15H2,1-2H3,(H,30,32)/t23?,24-,28?/m0/s1. The molecule has 1 fully saturated rings. The normalized spacial score (nSPS) is 26.9. The summed E-state index contributed by atoms with van der Waals surface area (Å²) in [5, 5.41) is 4.73. The van der Waals surface area contributed by atoms with Crippen molar-refractivity contribution in [3.05, 3.63) is 88.6 Å². The van der Waals surface area contributed by atoms with Crippen LogP contribution in [0.1, 0.15) is 67.7 Å². The zero-order chi connectivity index (χ0) is 22.6. The Kier molecular flexibility index (Phi) is 4.89. The van der Waals surface area contributed by atoms with E-state index < -0.39 is 0 Å².